The first-order chi connectivity index (χ1) is 13.4. The Morgan fingerprint density at radius 2 is 2.18 bits per heavy atom. The molecule has 3 aromatic rings. The molecule has 1 aliphatic rings. The van der Waals surface area contributed by atoms with E-state index >= 15 is 0 Å². The van der Waals surface area contributed by atoms with E-state index in [1.54, 1.807) is 18.5 Å². The van der Waals surface area contributed by atoms with E-state index in [1.807, 2.05) is 42.2 Å². The summed E-state index contributed by atoms with van der Waals surface area (Å²) in [4.78, 5) is 21.8. The molecule has 4 rings (SSSR count). The van der Waals surface area contributed by atoms with Gasteiger partial charge in [-0.25, -0.2) is 9.97 Å². The summed E-state index contributed by atoms with van der Waals surface area (Å²) in [5, 5.41) is 13.7. The highest BCUT2D eigenvalue weighted by Crippen LogP contribution is 2.41. The third-order valence-electron chi connectivity index (χ3n) is 5.03. The summed E-state index contributed by atoms with van der Waals surface area (Å²) in [7, 11) is 0. The summed E-state index contributed by atoms with van der Waals surface area (Å²) in [6, 6.07) is 4.11. The summed E-state index contributed by atoms with van der Waals surface area (Å²) in [5.41, 5.74) is 1.81. The molecule has 1 atom stereocenters. The molecule has 28 heavy (non-hydrogen) atoms. The van der Waals surface area contributed by atoms with Crippen molar-refractivity contribution >= 4 is 11.4 Å². The van der Waals surface area contributed by atoms with Crippen molar-refractivity contribution in [2.45, 2.75) is 52.5 Å². The molecule has 7 heteroatoms. The van der Waals surface area contributed by atoms with Crippen molar-refractivity contribution in [3.8, 4) is 17.5 Å². The fourth-order valence-corrected chi connectivity index (χ4v) is 3.53. The number of nitriles is 1. The van der Waals surface area contributed by atoms with Gasteiger partial charge in [0, 0.05) is 31.1 Å². The third kappa shape index (κ3) is 3.68. The first-order valence-corrected chi connectivity index (χ1v) is 9.64. The van der Waals surface area contributed by atoms with Crippen molar-refractivity contribution in [3.05, 3.63) is 36.5 Å². The number of hydrogen-bond acceptors (Lipinski definition) is 5. The summed E-state index contributed by atoms with van der Waals surface area (Å²) < 4.78 is 3.75. The summed E-state index contributed by atoms with van der Waals surface area (Å²) in [5.74, 6) is 1.17. The Morgan fingerprint density at radius 1 is 1.39 bits per heavy atom. The number of aromatic nitrogens is 5. The highest BCUT2D eigenvalue weighted by molar-refractivity contribution is 5.95. The standard InChI is InChI=1S/C21H24N6O/c1-21(2,3)11-18(28)16-10-19-23-8-9-26(19)20(25-16)15-12-24-27(13-15)17(6-7-22)14-4-5-14/h8-10,12-14,17H,4-6,11H2,1-3H3. The van der Waals surface area contributed by atoms with Crippen LogP contribution in [0.15, 0.2) is 30.9 Å². The number of nitrogens with zero attached hydrogens (tertiary/aromatic N) is 6. The van der Waals surface area contributed by atoms with Gasteiger partial charge >= 0.3 is 0 Å². The smallest absolute Gasteiger partial charge is 0.181 e. The van der Waals surface area contributed by atoms with Crippen molar-refractivity contribution < 1.29 is 4.79 Å². The van der Waals surface area contributed by atoms with Gasteiger partial charge in [0.1, 0.15) is 17.2 Å². The van der Waals surface area contributed by atoms with Crippen LogP contribution in [0.3, 0.4) is 0 Å². The van der Waals surface area contributed by atoms with Crippen molar-refractivity contribution in [3.63, 3.8) is 0 Å². The molecular formula is C21H24N6O. The van der Waals surface area contributed by atoms with E-state index in [4.69, 9.17) is 5.26 Å². The van der Waals surface area contributed by atoms with Crippen LogP contribution in [0.4, 0.5) is 0 Å². The Kier molecular flexibility index (Phi) is 4.50. The maximum atomic E-state index is 12.7. The molecule has 0 spiro atoms. The molecule has 0 radical (unpaired) electrons. The van der Waals surface area contributed by atoms with Gasteiger partial charge < -0.3 is 0 Å². The van der Waals surface area contributed by atoms with E-state index < -0.39 is 0 Å². The van der Waals surface area contributed by atoms with E-state index in [9.17, 15) is 4.79 Å². The number of carbonyl (C=O) groups excluding carboxylic acids is 1. The second-order valence-electron chi connectivity index (χ2n) is 8.76. The van der Waals surface area contributed by atoms with Crippen LogP contribution in [-0.2, 0) is 0 Å². The molecule has 3 aromatic heterocycles. The lowest BCUT2D eigenvalue weighted by molar-refractivity contribution is 0.0935. The average Bonchev–Trinajstić information content (AvgIpc) is 3.15. The van der Waals surface area contributed by atoms with E-state index in [0.29, 0.717) is 35.9 Å². The molecule has 0 amide bonds. The molecule has 1 aliphatic carbocycles. The quantitative estimate of drug-likeness (QED) is 0.605. The zero-order chi connectivity index (χ0) is 19.9. The highest BCUT2D eigenvalue weighted by Gasteiger charge is 2.33. The van der Waals surface area contributed by atoms with Gasteiger partial charge in [0.05, 0.1) is 30.3 Å². The number of rotatable bonds is 6. The largest absolute Gasteiger partial charge is 0.292 e. The van der Waals surface area contributed by atoms with Crippen LogP contribution in [0.2, 0.25) is 0 Å². The molecule has 1 saturated carbocycles. The van der Waals surface area contributed by atoms with Crippen LogP contribution in [0.5, 0.6) is 0 Å². The molecule has 3 heterocycles. The van der Waals surface area contributed by atoms with E-state index in [-0.39, 0.29) is 17.2 Å². The Bertz CT molecular complexity index is 1060. The minimum absolute atomic E-state index is 0.00646. The van der Waals surface area contributed by atoms with Crippen LogP contribution < -0.4 is 0 Å². The molecule has 1 fully saturated rings. The van der Waals surface area contributed by atoms with Gasteiger partial charge in [0.2, 0.25) is 0 Å². The Balaban J connectivity index is 1.73. The number of carbonyl (C=O) groups is 1. The van der Waals surface area contributed by atoms with Gasteiger partial charge in [0.25, 0.3) is 0 Å². The Labute approximate surface area is 164 Å². The predicted molar refractivity (Wildman–Crippen MR) is 105 cm³/mol. The van der Waals surface area contributed by atoms with Crippen LogP contribution in [0.1, 0.15) is 63.0 Å². The summed E-state index contributed by atoms with van der Waals surface area (Å²) in [6.45, 7) is 6.12. The van der Waals surface area contributed by atoms with Crippen molar-refractivity contribution in [1.82, 2.24) is 24.1 Å². The minimum Gasteiger partial charge on any atom is -0.292 e. The lowest BCUT2D eigenvalue weighted by atomic mass is 9.89. The van der Waals surface area contributed by atoms with Crippen LogP contribution >= 0.6 is 0 Å². The fourth-order valence-electron chi connectivity index (χ4n) is 3.53. The zero-order valence-electron chi connectivity index (χ0n) is 16.5. The first kappa shape index (κ1) is 18.4. The highest BCUT2D eigenvalue weighted by atomic mass is 16.1. The molecule has 0 saturated heterocycles. The summed E-state index contributed by atoms with van der Waals surface area (Å²) >= 11 is 0. The predicted octanol–water partition coefficient (Wildman–Crippen LogP) is 4.08. The Morgan fingerprint density at radius 3 is 2.86 bits per heavy atom. The van der Waals surface area contributed by atoms with E-state index in [1.165, 1.54) is 0 Å². The van der Waals surface area contributed by atoms with E-state index in [2.05, 4.69) is 21.1 Å². The topological polar surface area (TPSA) is 88.9 Å². The maximum Gasteiger partial charge on any atom is 0.181 e. The van der Waals surface area contributed by atoms with Crippen molar-refractivity contribution in [1.29, 1.82) is 5.26 Å². The van der Waals surface area contributed by atoms with Crippen molar-refractivity contribution in [2.24, 2.45) is 11.3 Å². The van der Waals surface area contributed by atoms with Crippen LogP contribution in [0, 0.1) is 22.7 Å². The SMILES string of the molecule is CC(C)(C)CC(=O)c1cc2nccn2c(-c2cnn(C(CC#N)C3CC3)c2)n1. The van der Waals surface area contributed by atoms with Crippen molar-refractivity contribution in [2.75, 3.05) is 0 Å². The molecule has 0 N–H and O–H groups in total. The van der Waals surface area contributed by atoms with Gasteiger partial charge in [-0.3, -0.25) is 13.9 Å². The lowest BCUT2D eigenvalue weighted by Crippen LogP contribution is -2.15. The first-order valence-electron chi connectivity index (χ1n) is 9.64. The number of hydrogen-bond donors (Lipinski definition) is 0. The minimum atomic E-state index is -0.111. The molecule has 1 unspecified atom stereocenters. The summed E-state index contributed by atoms with van der Waals surface area (Å²) in [6.07, 6.45) is 10.4. The van der Waals surface area contributed by atoms with Gasteiger partial charge in [-0.1, -0.05) is 20.8 Å². The normalized spacial score (nSPS) is 15.5. The zero-order valence-corrected chi connectivity index (χ0v) is 16.5. The lowest BCUT2D eigenvalue weighted by Gasteiger charge is -2.16. The second kappa shape index (κ2) is 6.86. The number of Topliss-reactive ketones (excluding diaryl/α,β-unsaturated/α-hetero) is 1. The second-order valence-corrected chi connectivity index (χ2v) is 8.76. The number of ketones is 1. The molecular weight excluding hydrogens is 352 g/mol. The van der Waals surface area contributed by atoms with Gasteiger partial charge in [-0.15, -0.1) is 0 Å². The Hall–Kier alpha value is -3.01. The molecule has 144 valence electrons. The third-order valence-corrected chi connectivity index (χ3v) is 5.03. The monoisotopic (exact) mass is 376 g/mol. The van der Waals surface area contributed by atoms with Crippen LogP contribution in [0.25, 0.3) is 17.0 Å². The molecule has 0 aliphatic heterocycles. The molecule has 0 aromatic carbocycles. The van der Waals surface area contributed by atoms with Crippen LogP contribution in [-0.4, -0.2) is 29.9 Å². The number of fused-ring (bicyclic) bond motifs is 1. The molecule has 0 bridgehead atoms. The fraction of sp³-hybridized carbons (Fsp3) is 0.476. The maximum absolute atomic E-state index is 12.7. The van der Waals surface area contributed by atoms with Gasteiger partial charge in [0.15, 0.2) is 5.78 Å². The average molecular weight is 376 g/mol. The van der Waals surface area contributed by atoms with Gasteiger partial charge in [-0.2, -0.15) is 10.4 Å². The number of imidazole rings is 1. The van der Waals surface area contributed by atoms with Gasteiger partial charge in [-0.05, 0) is 24.2 Å². The van der Waals surface area contributed by atoms with E-state index in [0.717, 1.165) is 18.4 Å². The molecule has 7 nitrogen and oxygen atoms in total.